The minimum absolute atomic E-state index is 0.0804. The first-order valence-electron chi connectivity index (χ1n) is 4.96. The Bertz CT molecular complexity index is 316. The average molecular weight is 195 g/mol. The fraction of sp³-hybridized carbons (Fsp3) is 0.455. The van der Waals surface area contributed by atoms with Gasteiger partial charge in [0.2, 0.25) is 0 Å². The lowest BCUT2D eigenvalue weighted by Crippen LogP contribution is -2.27. The summed E-state index contributed by atoms with van der Waals surface area (Å²) in [5.41, 5.74) is 0.746. The molecule has 2 nitrogen and oxygen atoms in total. The third kappa shape index (κ3) is 2.04. The molecular formula is C11H14FNO. The molecule has 0 spiro atoms. The monoisotopic (exact) mass is 195 g/mol. The number of rotatable bonds is 2. The van der Waals surface area contributed by atoms with E-state index in [0.29, 0.717) is 0 Å². The molecule has 0 unspecified atom stereocenters. The van der Waals surface area contributed by atoms with Crippen LogP contribution in [0.5, 0.6) is 0 Å². The van der Waals surface area contributed by atoms with Gasteiger partial charge in [-0.25, -0.2) is 4.39 Å². The zero-order valence-corrected chi connectivity index (χ0v) is 7.91. The quantitative estimate of drug-likeness (QED) is 0.757. The Morgan fingerprint density at radius 2 is 2.21 bits per heavy atom. The molecule has 0 aromatic heterocycles. The maximum absolute atomic E-state index is 12.8. The summed E-state index contributed by atoms with van der Waals surface area (Å²) in [6, 6.07) is 6.42. The highest BCUT2D eigenvalue weighted by atomic mass is 19.1. The summed E-state index contributed by atoms with van der Waals surface area (Å²) >= 11 is 0. The van der Waals surface area contributed by atoms with E-state index < -0.39 is 0 Å². The van der Waals surface area contributed by atoms with E-state index in [1.807, 2.05) is 6.07 Å². The molecule has 0 heterocycles. The Balaban J connectivity index is 2.03. The van der Waals surface area contributed by atoms with Crippen molar-refractivity contribution >= 4 is 5.69 Å². The third-order valence-corrected chi connectivity index (χ3v) is 2.66. The Hall–Kier alpha value is -1.09. The van der Waals surface area contributed by atoms with E-state index in [4.69, 9.17) is 0 Å². The Labute approximate surface area is 82.8 Å². The summed E-state index contributed by atoms with van der Waals surface area (Å²) in [7, 11) is 0. The van der Waals surface area contributed by atoms with Gasteiger partial charge in [-0.2, -0.15) is 0 Å². The number of aliphatic hydroxyl groups excluding tert-OH is 1. The lowest BCUT2D eigenvalue weighted by Gasteiger charge is -2.17. The largest absolute Gasteiger partial charge is 0.391 e. The van der Waals surface area contributed by atoms with E-state index >= 15 is 0 Å². The van der Waals surface area contributed by atoms with E-state index in [0.717, 1.165) is 24.9 Å². The van der Waals surface area contributed by atoms with Crippen LogP contribution in [0.15, 0.2) is 24.3 Å². The molecule has 2 rings (SSSR count). The molecule has 1 saturated carbocycles. The van der Waals surface area contributed by atoms with Crippen molar-refractivity contribution in [2.45, 2.75) is 31.4 Å². The van der Waals surface area contributed by atoms with Crippen molar-refractivity contribution in [1.29, 1.82) is 0 Å². The molecule has 1 aromatic carbocycles. The fourth-order valence-corrected chi connectivity index (χ4v) is 1.90. The highest BCUT2D eigenvalue weighted by molar-refractivity contribution is 5.44. The van der Waals surface area contributed by atoms with Crippen molar-refractivity contribution in [1.82, 2.24) is 0 Å². The van der Waals surface area contributed by atoms with Gasteiger partial charge in [0.1, 0.15) is 5.82 Å². The number of halogens is 1. The van der Waals surface area contributed by atoms with Gasteiger partial charge in [0.25, 0.3) is 0 Å². The van der Waals surface area contributed by atoms with Crippen molar-refractivity contribution < 1.29 is 9.50 Å². The lowest BCUT2D eigenvalue weighted by molar-refractivity contribution is 0.172. The maximum Gasteiger partial charge on any atom is 0.125 e. The zero-order chi connectivity index (χ0) is 9.97. The summed E-state index contributed by atoms with van der Waals surface area (Å²) in [5, 5.41) is 12.7. The second-order valence-corrected chi connectivity index (χ2v) is 3.76. The molecule has 14 heavy (non-hydrogen) atoms. The van der Waals surface area contributed by atoms with Gasteiger partial charge in [-0.05, 0) is 37.5 Å². The van der Waals surface area contributed by atoms with Crippen molar-refractivity contribution in [2.24, 2.45) is 0 Å². The Morgan fingerprint density at radius 1 is 1.36 bits per heavy atom. The van der Waals surface area contributed by atoms with Gasteiger partial charge in [0.05, 0.1) is 12.1 Å². The highest BCUT2D eigenvalue weighted by Gasteiger charge is 2.24. The van der Waals surface area contributed by atoms with Crippen LogP contribution in [0.2, 0.25) is 0 Å². The van der Waals surface area contributed by atoms with Gasteiger partial charge in [-0.1, -0.05) is 6.07 Å². The number of benzene rings is 1. The van der Waals surface area contributed by atoms with Crippen molar-refractivity contribution in [3.05, 3.63) is 30.1 Å². The molecule has 1 aliphatic carbocycles. The van der Waals surface area contributed by atoms with Crippen LogP contribution in [0.4, 0.5) is 10.1 Å². The Morgan fingerprint density at radius 3 is 2.86 bits per heavy atom. The smallest absolute Gasteiger partial charge is 0.125 e. The van der Waals surface area contributed by atoms with Crippen LogP contribution in [0, 0.1) is 5.82 Å². The second kappa shape index (κ2) is 3.96. The minimum Gasteiger partial charge on any atom is -0.391 e. The summed E-state index contributed by atoms with van der Waals surface area (Å²) in [5.74, 6) is -0.248. The van der Waals surface area contributed by atoms with E-state index in [1.54, 1.807) is 6.07 Å². The van der Waals surface area contributed by atoms with Gasteiger partial charge >= 0.3 is 0 Å². The second-order valence-electron chi connectivity index (χ2n) is 3.76. The summed E-state index contributed by atoms with van der Waals surface area (Å²) in [6.07, 6.45) is 2.54. The van der Waals surface area contributed by atoms with Crippen LogP contribution in [0.3, 0.4) is 0 Å². The third-order valence-electron chi connectivity index (χ3n) is 2.66. The summed E-state index contributed by atoms with van der Waals surface area (Å²) < 4.78 is 12.8. The average Bonchev–Trinajstić information content (AvgIpc) is 2.52. The van der Waals surface area contributed by atoms with Gasteiger partial charge in [-0.15, -0.1) is 0 Å². The molecule has 1 aromatic rings. The summed E-state index contributed by atoms with van der Waals surface area (Å²) in [4.78, 5) is 0. The fourth-order valence-electron chi connectivity index (χ4n) is 1.90. The molecule has 0 amide bonds. The SMILES string of the molecule is O[C@@H]1CCC[C@@H]1Nc1cccc(F)c1. The summed E-state index contributed by atoms with van der Waals surface area (Å²) in [6.45, 7) is 0. The van der Waals surface area contributed by atoms with Gasteiger partial charge in [0, 0.05) is 5.69 Å². The van der Waals surface area contributed by atoms with Gasteiger partial charge < -0.3 is 10.4 Å². The topological polar surface area (TPSA) is 32.3 Å². The van der Waals surface area contributed by atoms with Crippen LogP contribution in [0.1, 0.15) is 19.3 Å². The van der Waals surface area contributed by atoms with E-state index in [-0.39, 0.29) is 18.0 Å². The first-order chi connectivity index (χ1) is 6.75. The van der Waals surface area contributed by atoms with E-state index in [2.05, 4.69) is 5.32 Å². The van der Waals surface area contributed by atoms with Crippen LogP contribution in [-0.4, -0.2) is 17.3 Å². The molecule has 1 fully saturated rings. The van der Waals surface area contributed by atoms with Gasteiger partial charge in [-0.3, -0.25) is 0 Å². The molecule has 0 aliphatic heterocycles. The van der Waals surface area contributed by atoms with E-state index in [9.17, 15) is 9.50 Å². The first kappa shape index (κ1) is 9.46. The van der Waals surface area contributed by atoms with Crippen molar-refractivity contribution in [3.8, 4) is 0 Å². The predicted molar refractivity (Wildman–Crippen MR) is 53.7 cm³/mol. The molecule has 0 radical (unpaired) electrons. The molecule has 2 N–H and O–H groups in total. The first-order valence-corrected chi connectivity index (χ1v) is 4.96. The lowest BCUT2D eigenvalue weighted by atomic mass is 10.2. The normalized spacial score (nSPS) is 26.4. The van der Waals surface area contributed by atoms with Crippen LogP contribution in [0.25, 0.3) is 0 Å². The maximum atomic E-state index is 12.8. The number of nitrogens with one attached hydrogen (secondary N) is 1. The molecule has 2 atom stereocenters. The molecule has 3 heteroatoms. The van der Waals surface area contributed by atoms with Gasteiger partial charge in [0.15, 0.2) is 0 Å². The molecule has 1 aliphatic rings. The Kier molecular flexibility index (Phi) is 2.68. The van der Waals surface area contributed by atoms with Crippen LogP contribution < -0.4 is 5.32 Å². The zero-order valence-electron chi connectivity index (χ0n) is 7.91. The highest BCUT2D eigenvalue weighted by Crippen LogP contribution is 2.23. The number of anilines is 1. The van der Waals surface area contributed by atoms with Crippen molar-refractivity contribution in [3.63, 3.8) is 0 Å². The predicted octanol–water partition coefficient (Wildman–Crippen LogP) is 2.15. The molecule has 0 saturated heterocycles. The molecule has 76 valence electrons. The number of aliphatic hydroxyl groups is 1. The minimum atomic E-state index is -0.293. The van der Waals surface area contributed by atoms with E-state index in [1.165, 1.54) is 12.1 Å². The standard InChI is InChI=1S/C11H14FNO/c12-8-3-1-4-9(7-8)13-10-5-2-6-11(10)14/h1,3-4,7,10-11,13-14H,2,5-6H2/t10-,11+/m0/s1. The number of hydrogen-bond acceptors (Lipinski definition) is 2. The van der Waals surface area contributed by atoms with Crippen molar-refractivity contribution in [2.75, 3.05) is 5.32 Å². The molecular weight excluding hydrogens is 181 g/mol. The van der Waals surface area contributed by atoms with Crippen LogP contribution in [-0.2, 0) is 0 Å². The number of hydrogen-bond donors (Lipinski definition) is 2. The van der Waals surface area contributed by atoms with Crippen LogP contribution >= 0.6 is 0 Å². The molecule has 0 bridgehead atoms.